The fourth-order valence-corrected chi connectivity index (χ4v) is 6.00. The molecular weight excluding hydrogens is 196 g/mol. The van der Waals surface area contributed by atoms with Gasteiger partial charge in [0.1, 0.15) is 0 Å². The van der Waals surface area contributed by atoms with E-state index in [4.69, 9.17) is 10.2 Å². The van der Waals surface area contributed by atoms with E-state index in [2.05, 4.69) is 0 Å². The molecule has 8 aliphatic carbocycles. The third kappa shape index (κ3) is 0.640. The topological polar surface area (TPSA) is 24.7 Å². The zero-order valence-electron chi connectivity index (χ0n) is 9.34. The Bertz CT molecular complexity index is 401. The summed E-state index contributed by atoms with van der Waals surface area (Å²) < 4.78 is 0. The van der Waals surface area contributed by atoms with Crippen LogP contribution in [0, 0.1) is 47.3 Å². The monoisotopic (exact) mass is 212 g/mol. The molecule has 16 heavy (non-hydrogen) atoms. The molecule has 8 bridgehead atoms. The molecule has 0 N–H and O–H groups in total. The maximum Gasteiger partial charge on any atom is 0.0473 e. The van der Waals surface area contributed by atoms with Gasteiger partial charge in [-0.3, -0.25) is 0 Å². The van der Waals surface area contributed by atoms with Crippen molar-refractivity contribution in [1.29, 1.82) is 0 Å². The molecule has 4 unspecified atom stereocenters. The van der Waals surface area contributed by atoms with Gasteiger partial charge in [-0.1, -0.05) is 0 Å². The number of hydrogen-bond donors (Lipinski definition) is 0. The van der Waals surface area contributed by atoms with Crippen molar-refractivity contribution in [2.45, 2.75) is 25.7 Å². The summed E-state index contributed by atoms with van der Waals surface area (Å²) >= 11 is 0. The number of nitrogens with zero attached hydrogens (tertiary/aromatic N) is 2. The van der Waals surface area contributed by atoms with Gasteiger partial charge < -0.3 is 0 Å². The highest BCUT2D eigenvalue weighted by Gasteiger charge is 2.68. The first-order valence-corrected chi connectivity index (χ1v) is 7.07. The van der Waals surface area contributed by atoms with Crippen LogP contribution in [-0.4, -0.2) is 11.4 Å². The molecule has 0 aromatic heterocycles. The predicted octanol–water partition coefficient (Wildman–Crippen LogP) is 2.36. The first-order valence-electron chi connectivity index (χ1n) is 7.07. The standard InChI is InChI=1S/C14H16N2/c1-5-2-8-7(1)11(8)13(5)15-16-14-6-3-9-10(4-6)12(9)14/h5-12H,1-4H2. The maximum absolute atomic E-state index is 4.71. The van der Waals surface area contributed by atoms with Gasteiger partial charge in [-0.15, -0.1) is 0 Å². The van der Waals surface area contributed by atoms with Crippen LogP contribution < -0.4 is 0 Å². The summed E-state index contributed by atoms with van der Waals surface area (Å²) in [7, 11) is 0. The Labute approximate surface area is 95.2 Å². The Morgan fingerprint density at radius 3 is 1.25 bits per heavy atom. The van der Waals surface area contributed by atoms with Crippen molar-refractivity contribution in [2.75, 3.05) is 0 Å². The fraction of sp³-hybridized carbons (Fsp3) is 0.857. The van der Waals surface area contributed by atoms with Gasteiger partial charge >= 0.3 is 0 Å². The molecule has 0 amide bonds. The maximum atomic E-state index is 4.71. The average molecular weight is 212 g/mol. The molecule has 0 aromatic rings. The Hall–Kier alpha value is -0.660. The Morgan fingerprint density at radius 1 is 0.625 bits per heavy atom. The number of hydrogen-bond acceptors (Lipinski definition) is 2. The molecule has 0 aliphatic heterocycles. The van der Waals surface area contributed by atoms with Crippen molar-refractivity contribution >= 4 is 11.4 Å². The van der Waals surface area contributed by atoms with E-state index in [1.54, 1.807) is 0 Å². The highest BCUT2D eigenvalue weighted by molar-refractivity contribution is 6.00. The Kier molecular flexibility index (Phi) is 0.974. The summed E-state index contributed by atoms with van der Waals surface area (Å²) in [6.07, 6.45) is 5.82. The summed E-state index contributed by atoms with van der Waals surface area (Å²) in [5, 5.41) is 9.42. The predicted molar refractivity (Wildman–Crippen MR) is 61.3 cm³/mol. The van der Waals surface area contributed by atoms with Crippen LogP contribution in [0.5, 0.6) is 0 Å². The third-order valence-corrected chi connectivity index (χ3v) is 6.69. The second-order valence-corrected chi connectivity index (χ2v) is 7.09. The molecule has 0 radical (unpaired) electrons. The van der Waals surface area contributed by atoms with Crippen molar-refractivity contribution in [3.8, 4) is 0 Å². The molecule has 82 valence electrons. The van der Waals surface area contributed by atoms with Crippen LogP contribution >= 0.6 is 0 Å². The lowest BCUT2D eigenvalue weighted by molar-refractivity contribution is 0.688. The van der Waals surface area contributed by atoms with Crippen LogP contribution in [0.25, 0.3) is 0 Å². The minimum absolute atomic E-state index is 0.857. The van der Waals surface area contributed by atoms with E-state index < -0.39 is 0 Å². The summed E-state index contributed by atoms with van der Waals surface area (Å²) in [6, 6.07) is 0. The average Bonchev–Trinajstić information content (AvgIpc) is 2.91. The molecule has 0 aromatic carbocycles. The smallest absolute Gasteiger partial charge is 0.0473 e. The van der Waals surface area contributed by atoms with E-state index in [9.17, 15) is 0 Å². The van der Waals surface area contributed by atoms with Crippen molar-refractivity contribution in [1.82, 2.24) is 0 Å². The second kappa shape index (κ2) is 2.04. The van der Waals surface area contributed by atoms with E-state index in [0.29, 0.717) is 0 Å². The summed E-state index contributed by atoms with van der Waals surface area (Å²) in [5.74, 6) is 7.72. The fourth-order valence-electron chi connectivity index (χ4n) is 6.00. The van der Waals surface area contributed by atoms with Crippen LogP contribution in [-0.2, 0) is 0 Å². The van der Waals surface area contributed by atoms with Crippen LogP contribution in [0.15, 0.2) is 10.2 Å². The van der Waals surface area contributed by atoms with E-state index in [-0.39, 0.29) is 0 Å². The first-order chi connectivity index (χ1) is 7.92. The van der Waals surface area contributed by atoms with Crippen LogP contribution in [0.1, 0.15) is 25.7 Å². The van der Waals surface area contributed by atoms with Gasteiger partial charge in [0.2, 0.25) is 0 Å². The van der Waals surface area contributed by atoms with E-state index >= 15 is 0 Å². The minimum atomic E-state index is 0.857. The molecular formula is C14H16N2. The molecule has 0 heterocycles. The molecule has 0 spiro atoms. The quantitative estimate of drug-likeness (QED) is 0.596. The highest BCUT2D eigenvalue weighted by Crippen LogP contribution is 2.70. The lowest BCUT2D eigenvalue weighted by atomic mass is 10.1. The van der Waals surface area contributed by atoms with Crippen molar-refractivity contribution in [3.05, 3.63) is 0 Å². The van der Waals surface area contributed by atoms with Gasteiger partial charge in [0.05, 0.1) is 0 Å². The highest BCUT2D eigenvalue weighted by atomic mass is 15.2. The van der Waals surface area contributed by atoms with Gasteiger partial charge in [-0.2, -0.15) is 10.2 Å². The van der Waals surface area contributed by atoms with Gasteiger partial charge in [-0.05, 0) is 49.4 Å². The lowest BCUT2D eigenvalue weighted by Gasteiger charge is -2.02. The van der Waals surface area contributed by atoms with Crippen molar-refractivity contribution in [2.24, 2.45) is 57.5 Å². The zero-order chi connectivity index (χ0) is 10.0. The largest absolute Gasteiger partial charge is 0.160 e. The molecule has 8 fully saturated rings. The molecule has 8 aliphatic rings. The van der Waals surface area contributed by atoms with E-state index in [1.807, 2.05) is 0 Å². The number of rotatable bonds is 1. The van der Waals surface area contributed by atoms with Crippen LogP contribution in [0.2, 0.25) is 0 Å². The summed E-state index contributed by atoms with van der Waals surface area (Å²) in [6.45, 7) is 0. The zero-order valence-corrected chi connectivity index (χ0v) is 9.34. The van der Waals surface area contributed by atoms with Gasteiger partial charge in [0, 0.05) is 35.1 Å². The van der Waals surface area contributed by atoms with Gasteiger partial charge in [0.25, 0.3) is 0 Å². The van der Waals surface area contributed by atoms with Crippen LogP contribution in [0.4, 0.5) is 0 Å². The van der Waals surface area contributed by atoms with Gasteiger partial charge in [-0.25, -0.2) is 0 Å². The van der Waals surface area contributed by atoms with Crippen LogP contribution in [0.3, 0.4) is 0 Å². The van der Waals surface area contributed by atoms with E-state index in [0.717, 1.165) is 47.3 Å². The lowest BCUT2D eigenvalue weighted by Crippen LogP contribution is -2.05. The molecule has 2 nitrogen and oxygen atoms in total. The van der Waals surface area contributed by atoms with E-state index in [1.165, 1.54) is 37.1 Å². The first kappa shape index (κ1) is 7.62. The summed E-state index contributed by atoms with van der Waals surface area (Å²) in [4.78, 5) is 0. The minimum Gasteiger partial charge on any atom is -0.160 e. The van der Waals surface area contributed by atoms with Crippen molar-refractivity contribution < 1.29 is 0 Å². The molecule has 8 saturated carbocycles. The summed E-state index contributed by atoms with van der Waals surface area (Å²) in [5.41, 5.74) is 3.03. The Balaban J connectivity index is 1.39. The second-order valence-electron chi connectivity index (χ2n) is 7.09. The molecule has 0 saturated heterocycles. The third-order valence-electron chi connectivity index (χ3n) is 6.69. The Morgan fingerprint density at radius 2 is 1.00 bits per heavy atom. The molecule has 2 heteroatoms. The van der Waals surface area contributed by atoms with Gasteiger partial charge in [0.15, 0.2) is 0 Å². The van der Waals surface area contributed by atoms with Crippen molar-refractivity contribution in [3.63, 3.8) is 0 Å². The SMILES string of the molecule is C1C2CC3C1C3C2=NN=C1C2CC3C(C2)C13. The molecule has 4 atom stereocenters. The molecule has 8 rings (SSSR count). The normalized spacial score (nSPS) is 71.0.